The van der Waals surface area contributed by atoms with Crippen LogP contribution >= 0.6 is 0 Å². The Bertz CT molecular complexity index is 1010. The Morgan fingerprint density at radius 2 is 2.00 bits per heavy atom. The molecule has 8 nitrogen and oxygen atoms in total. The molecule has 0 aromatic carbocycles. The molecule has 1 aromatic rings. The first kappa shape index (κ1) is 21.9. The van der Waals surface area contributed by atoms with Crippen molar-refractivity contribution in [3.63, 3.8) is 0 Å². The molecule has 2 aliphatic heterocycles. The number of anilines is 1. The van der Waals surface area contributed by atoms with Gasteiger partial charge in [-0.3, -0.25) is 9.59 Å². The van der Waals surface area contributed by atoms with Crippen molar-refractivity contribution >= 4 is 17.6 Å². The molecule has 2 saturated carbocycles. The summed E-state index contributed by atoms with van der Waals surface area (Å²) in [4.78, 5) is 35.7. The second kappa shape index (κ2) is 8.79. The average Bonchev–Trinajstić information content (AvgIpc) is 3.75. The highest BCUT2D eigenvalue weighted by atomic mass is 16.5. The molecule has 0 radical (unpaired) electrons. The molecule has 4 fully saturated rings. The number of ether oxygens (including phenoxy) is 1. The van der Waals surface area contributed by atoms with E-state index < -0.39 is 0 Å². The van der Waals surface area contributed by atoms with Gasteiger partial charge in [-0.2, -0.15) is 5.26 Å². The van der Waals surface area contributed by atoms with E-state index in [4.69, 9.17) is 9.72 Å². The molecule has 0 N–H and O–H groups in total. The first-order valence-corrected chi connectivity index (χ1v) is 12.0. The van der Waals surface area contributed by atoms with Crippen LogP contribution in [-0.4, -0.2) is 72.0 Å². The quantitative estimate of drug-likeness (QED) is 0.641. The third-order valence-electron chi connectivity index (χ3n) is 7.18. The van der Waals surface area contributed by atoms with E-state index in [2.05, 4.69) is 24.5 Å². The SMILES string of the molecule is C=CC(=O)N1CCOC(c2cc(C#N)c(N3CCN(C(=O)C4CC4)[C@H](C)C3)nc2C2CC2)C1. The number of morpholine rings is 1. The summed E-state index contributed by atoms with van der Waals surface area (Å²) in [5, 5.41) is 9.98. The predicted octanol–water partition coefficient (Wildman–Crippen LogP) is 2.36. The van der Waals surface area contributed by atoms with Crippen LogP contribution in [0.4, 0.5) is 5.82 Å². The van der Waals surface area contributed by atoms with Crippen LogP contribution in [0.25, 0.3) is 0 Å². The Hall–Kier alpha value is -2.92. The fourth-order valence-electron chi connectivity index (χ4n) is 5.01. The van der Waals surface area contributed by atoms with E-state index in [-0.39, 0.29) is 29.9 Å². The first-order chi connectivity index (χ1) is 16.0. The summed E-state index contributed by atoms with van der Waals surface area (Å²) in [5.41, 5.74) is 2.44. The molecule has 2 atom stereocenters. The molecule has 5 rings (SSSR count). The minimum absolute atomic E-state index is 0.0874. The monoisotopic (exact) mass is 449 g/mol. The van der Waals surface area contributed by atoms with Gasteiger partial charge in [0.1, 0.15) is 18.0 Å². The zero-order chi connectivity index (χ0) is 23.1. The molecule has 2 saturated heterocycles. The second-order valence-corrected chi connectivity index (χ2v) is 9.67. The lowest BCUT2D eigenvalue weighted by atomic mass is 9.99. The Morgan fingerprint density at radius 1 is 1.21 bits per heavy atom. The minimum atomic E-state index is -0.293. The van der Waals surface area contributed by atoms with Gasteiger partial charge in [0.25, 0.3) is 0 Å². The van der Waals surface area contributed by atoms with Crippen molar-refractivity contribution in [2.75, 3.05) is 44.2 Å². The molecular weight excluding hydrogens is 418 g/mol. The predicted molar refractivity (Wildman–Crippen MR) is 123 cm³/mol. The third-order valence-corrected chi connectivity index (χ3v) is 7.18. The van der Waals surface area contributed by atoms with Gasteiger partial charge in [-0.15, -0.1) is 0 Å². The lowest BCUT2D eigenvalue weighted by molar-refractivity contribution is -0.135. The van der Waals surface area contributed by atoms with Crippen LogP contribution in [0.3, 0.4) is 0 Å². The van der Waals surface area contributed by atoms with Gasteiger partial charge in [0.2, 0.25) is 11.8 Å². The molecule has 1 aromatic heterocycles. The molecule has 1 unspecified atom stereocenters. The highest BCUT2D eigenvalue weighted by molar-refractivity contribution is 5.87. The second-order valence-electron chi connectivity index (χ2n) is 9.67. The van der Waals surface area contributed by atoms with Crippen LogP contribution in [0.1, 0.15) is 61.4 Å². The van der Waals surface area contributed by atoms with Crippen LogP contribution in [0.5, 0.6) is 0 Å². The number of nitrogens with zero attached hydrogens (tertiary/aromatic N) is 5. The molecular formula is C25H31N5O3. The van der Waals surface area contributed by atoms with E-state index in [0.717, 1.165) is 36.9 Å². The molecule has 0 spiro atoms. The number of rotatable bonds is 5. The molecule has 0 bridgehead atoms. The van der Waals surface area contributed by atoms with Crippen LogP contribution in [-0.2, 0) is 14.3 Å². The van der Waals surface area contributed by atoms with Crippen LogP contribution in [0, 0.1) is 17.2 Å². The van der Waals surface area contributed by atoms with E-state index in [1.807, 2.05) is 11.0 Å². The van der Waals surface area contributed by atoms with Crippen LogP contribution < -0.4 is 4.90 Å². The number of nitriles is 1. The molecule has 2 amide bonds. The maximum Gasteiger partial charge on any atom is 0.246 e. The van der Waals surface area contributed by atoms with Gasteiger partial charge in [0.05, 0.1) is 24.4 Å². The van der Waals surface area contributed by atoms with Crippen molar-refractivity contribution in [1.82, 2.24) is 14.8 Å². The Labute approximate surface area is 194 Å². The lowest BCUT2D eigenvalue weighted by Gasteiger charge is -2.41. The summed E-state index contributed by atoms with van der Waals surface area (Å²) in [7, 11) is 0. The zero-order valence-corrected chi connectivity index (χ0v) is 19.2. The van der Waals surface area contributed by atoms with E-state index in [9.17, 15) is 14.9 Å². The van der Waals surface area contributed by atoms with E-state index in [1.165, 1.54) is 6.08 Å². The number of carbonyl (C=O) groups excluding carboxylic acids is 2. The average molecular weight is 450 g/mol. The van der Waals surface area contributed by atoms with Gasteiger partial charge in [-0.25, -0.2) is 4.98 Å². The summed E-state index contributed by atoms with van der Waals surface area (Å²) in [6, 6.07) is 4.36. The van der Waals surface area contributed by atoms with Crippen LogP contribution in [0.2, 0.25) is 0 Å². The Morgan fingerprint density at radius 3 is 2.64 bits per heavy atom. The van der Waals surface area contributed by atoms with Crippen molar-refractivity contribution in [2.24, 2.45) is 5.92 Å². The van der Waals surface area contributed by atoms with Crippen molar-refractivity contribution in [2.45, 2.75) is 50.7 Å². The smallest absolute Gasteiger partial charge is 0.246 e. The van der Waals surface area contributed by atoms with Gasteiger partial charge < -0.3 is 19.4 Å². The third kappa shape index (κ3) is 4.34. The van der Waals surface area contributed by atoms with Crippen molar-refractivity contribution in [3.05, 3.63) is 35.5 Å². The molecule has 33 heavy (non-hydrogen) atoms. The van der Waals surface area contributed by atoms with E-state index in [0.29, 0.717) is 56.6 Å². The van der Waals surface area contributed by atoms with Gasteiger partial charge in [0.15, 0.2) is 0 Å². The molecule has 8 heteroatoms. The highest BCUT2D eigenvalue weighted by Gasteiger charge is 2.39. The number of piperazine rings is 1. The first-order valence-electron chi connectivity index (χ1n) is 12.0. The maximum absolute atomic E-state index is 12.6. The molecule has 4 aliphatic rings. The van der Waals surface area contributed by atoms with E-state index >= 15 is 0 Å². The zero-order valence-electron chi connectivity index (χ0n) is 19.2. The van der Waals surface area contributed by atoms with E-state index in [1.54, 1.807) is 4.90 Å². The summed E-state index contributed by atoms with van der Waals surface area (Å²) in [5.74, 6) is 1.47. The van der Waals surface area contributed by atoms with Crippen molar-refractivity contribution in [1.29, 1.82) is 5.26 Å². The lowest BCUT2D eigenvalue weighted by Crippen LogP contribution is -2.55. The molecule has 174 valence electrons. The van der Waals surface area contributed by atoms with Gasteiger partial charge in [-0.1, -0.05) is 6.58 Å². The summed E-state index contributed by atoms with van der Waals surface area (Å²) in [6.07, 6.45) is 5.22. The summed E-state index contributed by atoms with van der Waals surface area (Å²) >= 11 is 0. The number of amides is 2. The summed E-state index contributed by atoms with van der Waals surface area (Å²) < 4.78 is 6.04. The van der Waals surface area contributed by atoms with Crippen LogP contribution in [0.15, 0.2) is 18.7 Å². The highest BCUT2D eigenvalue weighted by Crippen LogP contribution is 2.44. The maximum atomic E-state index is 12.6. The minimum Gasteiger partial charge on any atom is -0.370 e. The Balaban J connectivity index is 1.41. The number of hydrogen-bond acceptors (Lipinski definition) is 6. The standard InChI is InChI=1S/C25H31N5O3/c1-3-22(31)28-10-11-33-21(15-28)20-12-19(13-26)24(27-23(20)17-4-5-17)29-8-9-30(16(2)14-29)25(32)18-6-7-18/h3,12,16-18,21H,1,4-11,14-15H2,2H3/t16-,21?/m1/s1. The number of carbonyl (C=O) groups is 2. The largest absolute Gasteiger partial charge is 0.370 e. The van der Waals surface area contributed by atoms with Gasteiger partial charge in [0, 0.05) is 49.6 Å². The number of pyridine rings is 1. The topological polar surface area (TPSA) is 89.8 Å². The fourth-order valence-corrected chi connectivity index (χ4v) is 5.01. The number of aromatic nitrogens is 1. The van der Waals surface area contributed by atoms with Crippen molar-refractivity contribution < 1.29 is 14.3 Å². The normalized spacial score (nSPS) is 25.5. The number of hydrogen-bond donors (Lipinski definition) is 0. The van der Waals surface area contributed by atoms with Gasteiger partial charge in [-0.05, 0) is 44.7 Å². The molecule has 2 aliphatic carbocycles. The Kier molecular flexibility index (Phi) is 5.83. The molecule has 3 heterocycles. The van der Waals surface area contributed by atoms with Crippen molar-refractivity contribution in [3.8, 4) is 6.07 Å². The fraction of sp³-hybridized carbons (Fsp3) is 0.600. The van der Waals surface area contributed by atoms with Gasteiger partial charge >= 0.3 is 0 Å². The summed E-state index contributed by atoms with van der Waals surface area (Å²) in [6.45, 7) is 9.12.